The third-order valence-corrected chi connectivity index (χ3v) is 10.5. The Hall–Kier alpha value is -1.98. The number of ether oxygens (including phenoxy) is 6. The average Bonchev–Trinajstić information content (AvgIpc) is 2.86. The SMILES string of the molecule is CCCCCCCCCCCC[Si](C)(C)CCO[C@@H]1O[C@H](COC(C)=O)[C@H](OC(C)=O)[C@H](OC(C)=O)[C@H]1OC(C)=O. The lowest BCUT2D eigenvalue weighted by Gasteiger charge is -2.44. The predicted octanol–water partition coefficient (Wildman–Crippen LogP) is 5.72. The summed E-state index contributed by atoms with van der Waals surface area (Å²) >= 11 is 0. The molecular weight excluding hydrogens is 548 g/mol. The van der Waals surface area contributed by atoms with E-state index in [1.54, 1.807) is 0 Å². The van der Waals surface area contributed by atoms with E-state index < -0.39 is 62.7 Å². The van der Waals surface area contributed by atoms with E-state index in [-0.39, 0.29) is 6.61 Å². The minimum Gasteiger partial charge on any atom is -0.463 e. The molecule has 41 heavy (non-hydrogen) atoms. The molecule has 0 aromatic carbocycles. The number of rotatable bonds is 20. The maximum Gasteiger partial charge on any atom is 0.303 e. The van der Waals surface area contributed by atoms with Gasteiger partial charge in [-0.05, 0) is 6.04 Å². The Labute approximate surface area is 247 Å². The Balaban J connectivity index is 2.76. The van der Waals surface area contributed by atoms with E-state index in [0.717, 1.165) is 6.04 Å². The lowest BCUT2D eigenvalue weighted by molar-refractivity contribution is -0.307. The molecule has 0 spiro atoms. The summed E-state index contributed by atoms with van der Waals surface area (Å²) in [5.74, 6) is -2.52. The molecule has 0 amide bonds. The summed E-state index contributed by atoms with van der Waals surface area (Å²) in [5.41, 5.74) is 0. The van der Waals surface area contributed by atoms with Crippen molar-refractivity contribution in [1.82, 2.24) is 0 Å². The number of hydrogen-bond donors (Lipinski definition) is 0. The molecule has 0 bridgehead atoms. The van der Waals surface area contributed by atoms with Gasteiger partial charge in [-0.25, -0.2) is 0 Å². The third kappa shape index (κ3) is 16.3. The summed E-state index contributed by atoms with van der Waals surface area (Å²) in [6.07, 6.45) is 7.36. The van der Waals surface area contributed by atoms with Crippen LogP contribution in [0.15, 0.2) is 0 Å². The minimum absolute atomic E-state index is 0.267. The summed E-state index contributed by atoms with van der Waals surface area (Å²) in [7, 11) is -1.57. The van der Waals surface area contributed by atoms with Crippen LogP contribution in [-0.2, 0) is 47.6 Å². The Kier molecular flexibility index (Phi) is 18.1. The molecule has 0 N–H and O–H groups in total. The monoisotopic (exact) mass is 602 g/mol. The molecule has 1 saturated heterocycles. The van der Waals surface area contributed by atoms with Gasteiger partial charge >= 0.3 is 23.9 Å². The minimum atomic E-state index is -1.57. The van der Waals surface area contributed by atoms with Crippen LogP contribution in [0.2, 0.25) is 25.2 Å². The van der Waals surface area contributed by atoms with Gasteiger partial charge in [0.1, 0.15) is 12.7 Å². The van der Waals surface area contributed by atoms with Gasteiger partial charge in [0.25, 0.3) is 0 Å². The Morgan fingerprint density at radius 1 is 0.634 bits per heavy atom. The van der Waals surface area contributed by atoms with Crippen LogP contribution in [0.4, 0.5) is 0 Å². The van der Waals surface area contributed by atoms with Gasteiger partial charge in [0.15, 0.2) is 24.6 Å². The molecule has 0 radical (unpaired) electrons. The fourth-order valence-electron chi connectivity index (χ4n) is 4.99. The van der Waals surface area contributed by atoms with Crippen molar-refractivity contribution >= 4 is 32.0 Å². The van der Waals surface area contributed by atoms with Crippen molar-refractivity contribution in [1.29, 1.82) is 0 Å². The zero-order valence-corrected chi connectivity index (χ0v) is 27.4. The third-order valence-electron chi connectivity index (χ3n) is 7.22. The van der Waals surface area contributed by atoms with E-state index >= 15 is 0 Å². The molecule has 0 aromatic rings. The number of unbranched alkanes of at least 4 members (excludes halogenated alkanes) is 9. The molecule has 1 aliphatic heterocycles. The molecule has 1 rings (SSSR count). The van der Waals surface area contributed by atoms with Gasteiger partial charge in [-0.3, -0.25) is 19.2 Å². The molecule has 0 aromatic heterocycles. The van der Waals surface area contributed by atoms with Crippen LogP contribution in [0.3, 0.4) is 0 Å². The fraction of sp³-hybridized carbons (Fsp3) is 0.867. The van der Waals surface area contributed by atoms with Gasteiger partial charge in [-0.2, -0.15) is 0 Å². The van der Waals surface area contributed by atoms with E-state index in [1.807, 2.05) is 0 Å². The highest BCUT2D eigenvalue weighted by Gasteiger charge is 2.52. The van der Waals surface area contributed by atoms with Crippen LogP contribution in [0.25, 0.3) is 0 Å². The normalized spacial score (nSPS) is 22.6. The number of carbonyl (C=O) groups is 4. The van der Waals surface area contributed by atoms with Gasteiger partial charge in [0.2, 0.25) is 0 Å². The largest absolute Gasteiger partial charge is 0.463 e. The van der Waals surface area contributed by atoms with Gasteiger partial charge < -0.3 is 28.4 Å². The molecule has 0 unspecified atom stereocenters. The first-order valence-corrected chi connectivity index (χ1v) is 18.7. The van der Waals surface area contributed by atoms with Crippen molar-refractivity contribution in [2.24, 2.45) is 0 Å². The van der Waals surface area contributed by atoms with E-state index in [1.165, 1.54) is 97.9 Å². The number of carbonyl (C=O) groups excluding carboxylic acids is 4. The topological polar surface area (TPSA) is 124 Å². The van der Waals surface area contributed by atoms with Crippen molar-refractivity contribution < 1.29 is 47.6 Å². The molecule has 238 valence electrons. The highest BCUT2D eigenvalue weighted by atomic mass is 28.3. The first-order chi connectivity index (χ1) is 19.4. The van der Waals surface area contributed by atoms with Crippen LogP contribution < -0.4 is 0 Å². The molecular formula is C30H54O10Si. The molecule has 10 nitrogen and oxygen atoms in total. The Bertz CT molecular complexity index is 802. The zero-order valence-electron chi connectivity index (χ0n) is 26.4. The smallest absolute Gasteiger partial charge is 0.303 e. The van der Waals surface area contributed by atoms with Gasteiger partial charge in [0.05, 0.1) is 0 Å². The molecule has 0 aliphatic carbocycles. The summed E-state index contributed by atoms with van der Waals surface area (Å²) in [6, 6.07) is 2.04. The highest BCUT2D eigenvalue weighted by Crippen LogP contribution is 2.31. The van der Waals surface area contributed by atoms with E-state index in [4.69, 9.17) is 28.4 Å². The van der Waals surface area contributed by atoms with Crippen molar-refractivity contribution in [3.63, 3.8) is 0 Å². The van der Waals surface area contributed by atoms with Crippen molar-refractivity contribution in [2.75, 3.05) is 13.2 Å². The Morgan fingerprint density at radius 3 is 1.63 bits per heavy atom. The Morgan fingerprint density at radius 2 is 1.12 bits per heavy atom. The van der Waals surface area contributed by atoms with Gasteiger partial charge in [-0.1, -0.05) is 90.3 Å². The van der Waals surface area contributed by atoms with Crippen LogP contribution in [0.5, 0.6) is 0 Å². The predicted molar refractivity (Wildman–Crippen MR) is 157 cm³/mol. The second kappa shape index (κ2) is 20.0. The number of hydrogen-bond acceptors (Lipinski definition) is 10. The van der Waals surface area contributed by atoms with E-state index in [0.29, 0.717) is 6.61 Å². The average molecular weight is 603 g/mol. The van der Waals surface area contributed by atoms with Crippen LogP contribution in [0, 0.1) is 0 Å². The quantitative estimate of drug-likeness (QED) is 0.0740. The molecule has 11 heteroatoms. The zero-order chi connectivity index (χ0) is 30.8. The van der Waals surface area contributed by atoms with Crippen LogP contribution in [-0.4, -0.2) is 75.9 Å². The summed E-state index contributed by atoms with van der Waals surface area (Å²) in [6.45, 7) is 11.8. The molecule has 0 saturated carbocycles. The van der Waals surface area contributed by atoms with Crippen molar-refractivity contribution in [3.05, 3.63) is 0 Å². The van der Waals surface area contributed by atoms with Gasteiger partial charge in [0, 0.05) is 42.4 Å². The van der Waals surface area contributed by atoms with Crippen molar-refractivity contribution in [3.8, 4) is 0 Å². The first-order valence-electron chi connectivity index (χ1n) is 15.3. The second-order valence-electron chi connectivity index (χ2n) is 11.8. The maximum absolute atomic E-state index is 12.0. The molecule has 1 aliphatic rings. The van der Waals surface area contributed by atoms with E-state index in [2.05, 4.69) is 20.0 Å². The summed E-state index contributed by atoms with van der Waals surface area (Å²) < 4.78 is 33.6. The van der Waals surface area contributed by atoms with Crippen molar-refractivity contribution in [2.45, 2.75) is 155 Å². The lowest BCUT2D eigenvalue weighted by Crippen LogP contribution is -2.63. The van der Waals surface area contributed by atoms with Gasteiger partial charge in [-0.15, -0.1) is 0 Å². The van der Waals surface area contributed by atoms with Crippen LogP contribution in [0.1, 0.15) is 98.8 Å². The first kappa shape index (κ1) is 37.0. The molecule has 1 fully saturated rings. The standard InChI is InChI=1S/C30H54O10Si/c1-8-9-10-11-12-13-14-15-16-17-19-41(6,7)20-18-35-30-29(39-25(5)34)28(38-24(4)33)27(37-23(3)32)26(40-30)21-36-22(2)31/h26-30H,8-21H2,1-7H3/t26-,27+,28+,29-,30-/m1/s1. The maximum atomic E-state index is 12.0. The highest BCUT2D eigenvalue weighted by molar-refractivity contribution is 6.77. The summed E-state index contributed by atoms with van der Waals surface area (Å²) in [4.78, 5) is 47.3. The lowest BCUT2D eigenvalue weighted by atomic mass is 9.98. The summed E-state index contributed by atoms with van der Waals surface area (Å²) in [5, 5.41) is 0. The molecule has 5 atom stereocenters. The van der Waals surface area contributed by atoms with E-state index in [9.17, 15) is 19.2 Å². The fourth-order valence-corrected chi connectivity index (χ4v) is 7.12. The van der Waals surface area contributed by atoms with Crippen LogP contribution >= 0.6 is 0 Å². The number of esters is 4. The second-order valence-corrected chi connectivity index (χ2v) is 17.1. The molecule has 1 heterocycles.